The number of hydrogen-bond acceptors (Lipinski definition) is 9. The van der Waals surface area contributed by atoms with Crippen LogP contribution in [0.4, 0.5) is 5.69 Å². The molecule has 0 radical (unpaired) electrons. The number of hydrogen-bond donors (Lipinski definition) is 1. The van der Waals surface area contributed by atoms with Gasteiger partial charge >= 0.3 is 5.97 Å². The highest BCUT2D eigenvalue weighted by Gasteiger charge is 2.16. The van der Waals surface area contributed by atoms with E-state index in [9.17, 15) is 18.0 Å². The predicted octanol–water partition coefficient (Wildman–Crippen LogP) is 2.81. The Labute approximate surface area is 198 Å². The van der Waals surface area contributed by atoms with Gasteiger partial charge in [0, 0.05) is 24.5 Å². The molecule has 34 heavy (non-hydrogen) atoms. The fourth-order valence-electron chi connectivity index (χ4n) is 2.95. The Balaban J connectivity index is 2.27. The Morgan fingerprint density at radius 2 is 1.53 bits per heavy atom. The molecule has 0 saturated heterocycles. The summed E-state index contributed by atoms with van der Waals surface area (Å²) in [7, 11) is 2.08. The average molecular weight is 494 g/mol. The monoisotopic (exact) mass is 493 g/mol. The van der Waals surface area contributed by atoms with Gasteiger partial charge in [0.25, 0.3) is 5.91 Å². The number of carbonyl (C=O) groups is 2. The van der Waals surface area contributed by atoms with Crippen LogP contribution in [0.2, 0.25) is 0 Å². The Bertz CT molecular complexity index is 1150. The number of rotatable bonds is 11. The van der Waals surface area contributed by atoms with Gasteiger partial charge in [-0.1, -0.05) is 6.07 Å². The zero-order valence-corrected chi connectivity index (χ0v) is 20.4. The van der Waals surface area contributed by atoms with E-state index in [2.05, 4.69) is 10.1 Å². The second-order valence-electron chi connectivity index (χ2n) is 6.92. The number of amides is 1. The Hall–Kier alpha value is -3.73. The third-order valence-electron chi connectivity index (χ3n) is 4.51. The molecule has 0 saturated carbocycles. The molecule has 0 atom stereocenters. The number of benzene rings is 2. The van der Waals surface area contributed by atoms with Crippen molar-refractivity contribution < 1.29 is 41.7 Å². The number of carbonyl (C=O) groups excluding carboxylic acids is 2. The fourth-order valence-corrected chi connectivity index (χ4v) is 4.03. The van der Waals surface area contributed by atoms with Crippen molar-refractivity contribution in [3.05, 3.63) is 46.9 Å². The number of methoxy groups -OCH3 is 4. The molecular weight excluding hydrogens is 466 g/mol. The van der Waals surface area contributed by atoms with Crippen LogP contribution < -0.4 is 24.3 Å². The molecule has 2 aromatic carbocycles. The van der Waals surface area contributed by atoms with E-state index in [-0.39, 0.29) is 11.4 Å². The molecule has 0 aromatic heterocycles. The normalized spacial score (nSPS) is 11.1. The van der Waals surface area contributed by atoms with E-state index in [0.29, 0.717) is 34.1 Å². The number of anilines is 1. The lowest BCUT2D eigenvalue weighted by Gasteiger charge is -2.13. The van der Waals surface area contributed by atoms with Crippen molar-refractivity contribution in [2.45, 2.75) is 12.7 Å². The highest BCUT2D eigenvalue weighted by molar-refractivity contribution is 7.93. The molecule has 0 aliphatic carbocycles. The first-order chi connectivity index (χ1) is 16.1. The maximum atomic E-state index is 12.8. The minimum atomic E-state index is -3.73. The second-order valence-corrected chi connectivity index (χ2v) is 8.81. The predicted molar refractivity (Wildman–Crippen MR) is 126 cm³/mol. The van der Waals surface area contributed by atoms with Crippen LogP contribution in [0.5, 0.6) is 23.0 Å². The second kappa shape index (κ2) is 11.9. The lowest BCUT2D eigenvalue weighted by atomic mass is 10.1. The molecule has 0 aliphatic heterocycles. The van der Waals surface area contributed by atoms with E-state index in [1.165, 1.54) is 53.6 Å². The Kier molecular flexibility index (Phi) is 9.31. The SMILES string of the molecule is COc1cc(OC)c(C=CS(=O)(=O)Cc2ccc(OC)c(NC(=O)COC(C)=O)c2)c(OC)c1. The summed E-state index contributed by atoms with van der Waals surface area (Å²) < 4.78 is 51.3. The van der Waals surface area contributed by atoms with Crippen molar-refractivity contribution in [1.82, 2.24) is 0 Å². The Morgan fingerprint density at radius 1 is 0.912 bits per heavy atom. The highest BCUT2D eigenvalue weighted by Crippen LogP contribution is 2.35. The lowest BCUT2D eigenvalue weighted by Crippen LogP contribution is -2.20. The molecule has 2 rings (SSSR count). The first-order valence-electron chi connectivity index (χ1n) is 9.93. The van der Waals surface area contributed by atoms with Gasteiger partial charge in [-0.2, -0.15) is 0 Å². The van der Waals surface area contributed by atoms with Crippen LogP contribution in [0.1, 0.15) is 18.1 Å². The van der Waals surface area contributed by atoms with Gasteiger partial charge in [-0.05, 0) is 23.8 Å². The molecule has 1 amide bonds. The minimum absolute atomic E-state index is 0.245. The smallest absolute Gasteiger partial charge is 0.303 e. The zero-order chi connectivity index (χ0) is 25.3. The fraction of sp³-hybridized carbons (Fsp3) is 0.304. The average Bonchev–Trinajstić information content (AvgIpc) is 2.80. The third kappa shape index (κ3) is 7.41. The van der Waals surface area contributed by atoms with Crippen LogP contribution >= 0.6 is 0 Å². The summed E-state index contributed by atoms with van der Waals surface area (Å²) in [6.45, 7) is 0.708. The van der Waals surface area contributed by atoms with Gasteiger partial charge < -0.3 is 29.0 Å². The molecule has 10 nitrogen and oxygen atoms in total. The van der Waals surface area contributed by atoms with E-state index < -0.39 is 28.3 Å². The van der Waals surface area contributed by atoms with Crippen LogP contribution in [0.15, 0.2) is 35.7 Å². The van der Waals surface area contributed by atoms with Crippen LogP contribution in [0.3, 0.4) is 0 Å². The van der Waals surface area contributed by atoms with Gasteiger partial charge in [0.2, 0.25) is 0 Å². The third-order valence-corrected chi connectivity index (χ3v) is 5.79. The quantitative estimate of drug-likeness (QED) is 0.470. The number of sulfone groups is 1. The van der Waals surface area contributed by atoms with E-state index in [4.69, 9.17) is 18.9 Å². The number of esters is 1. The molecule has 184 valence electrons. The minimum Gasteiger partial charge on any atom is -0.496 e. The topological polar surface area (TPSA) is 126 Å². The van der Waals surface area contributed by atoms with Crippen LogP contribution in [-0.4, -0.2) is 55.3 Å². The zero-order valence-electron chi connectivity index (χ0n) is 19.5. The molecule has 0 aliphatic rings. The van der Waals surface area contributed by atoms with Crippen molar-refractivity contribution in [3.63, 3.8) is 0 Å². The molecule has 0 spiro atoms. The molecule has 11 heteroatoms. The molecule has 0 heterocycles. The van der Waals surface area contributed by atoms with Crippen molar-refractivity contribution in [2.75, 3.05) is 40.4 Å². The largest absolute Gasteiger partial charge is 0.496 e. The molecule has 2 aromatic rings. The molecule has 0 bridgehead atoms. The summed E-state index contributed by atoms with van der Waals surface area (Å²) >= 11 is 0. The van der Waals surface area contributed by atoms with Crippen LogP contribution in [-0.2, 0) is 29.9 Å². The molecule has 0 fully saturated rings. The van der Waals surface area contributed by atoms with E-state index in [1.807, 2.05) is 0 Å². The summed E-state index contributed by atoms with van der Waals surface area (Å²) in [5, 5.41) is 3.60. The number of nitrogens with one attached hydrogen (secondary N) is 1. The Morgan fingerprint density at radius 3 is 2.06 bits per heavy atom. The highest BCUT2D eigenvalue weighted by atomic mass is 32.2. The maximum absolute atomic E-state index is 12.8. The van der Waals surface area contributed by atoms with Crippen molar-refractivity contribution in [2.24, 2.45) is 0 Å². The van der Waals surface area contributed by atoms with Crippen molar-refractivity contribution >= 4 is 33.5 Å². The summed E-state index contributed by atoms with van der Waals surface area (Å²) in [4.78, 5) is 22.9. The van der Waals surface area contributed by atoms with Crippen molar-refractivity contribution in [3.8, 4) is 23.0 Å². The van der Waals surface area contributed by atoms with Crippen LogP contribution in [0, 0.1) is 0 Å². The van der Waals surface area contributed by atoms with E-state index >= 15 is 0 Å². The van der Waals surface area contributed by atoms with Gasteiger partial charge in [-0.15, -0.1) is 0 Å². The first-order valence-corrected chi connectivity index (χ1v) is 11.6. The maximum Gasteiger partial charge on any atom is 0.303 e. The molecule has 0 unspecified atom stereocenters. The first kappa shape index (κ1) is 26.5. The van der Waals surface area contributed by atoms with E-state index in [1.54, 1.807) is 18.2 Å². The van der Waals surface area contributed by atoms with E-state index in [0.717, 1.165) is 5.41 Å². The summed E-state index contributed by atoms with van der Waals surface area (Å²) in [5.41, 5.74) is 1.08. The summed E-state index contributed by atoms with van der Waals surface area (Å²) in [5.74, 6) is 0.0395. The standard InChI is InChI=1S/C23H27NO9S/c1-15(25)33-13-23(26)24-19-10-16(6-7-20(19)30-3)14-34(27,28)9-8-18-21(31-4)11-17(29-2)12-22(18)32-5/h6-12H,13-14H2,1-5H3,(H,24,26). The summed E-state index contributed by atoms with van der Waals surface area (Å²) in [6, 6.07) is 7.81. The van der Waals surface area contributed by atoms with Gasteiger partial charge in [0.1, 0.15) is 23.0 Å². The molecular formula is C23H27NO9S. The van der Waals surface area contributed by atoms with Gasteiger partial charge in [-0.3, -0.25) is 9.59 Å². The van der Waals surface area contributed by atoms with Gasteiger partial charge in [0.05, 0.1) is 45.4 Å². The number of ether oxygens (including phenoxy) is 5. The van der Waals surface area contributed by atoms with Gasteiger partial charge in [0.15, 0.2) is 16.4 Å². The van der Waals surface area contributed by atoms with Crippen molar-refractivity contribution in [1.29, 1.82) is 0 Å². The lowest BCUT2D eigenvalue weighted by molar-refractivity contribution is -0.144. The molecule has 1 N–H and O–H groups in total. The summed E-state index contributed by atoms with van der Waals surface area (Å²) in [6.07, 6.45) is 1.39. The van der Waals surface area contributed by atoms with Gasteiger partial charge in [-0.25, -0.2) is 8.42 Å². The van der Waals surface area contributed by atoms with Crippen LogP contribution in [0.25, 0.3) is 6.08 Å².